The Morgan fingerprint density at radius 2 is 1.59 bits per heavy atom. The van der Waals surface area contributed by atoms with Crippen molar-refractivity contribution in [2.75, 3.05) is 5.32 Å². The molecule has 2 heteroatoms. The summed E-state index contributed by atoms with van der Waals surface area (Å²) in [6, 6.07) is 16.7. The van der Waals surface area contributed by atoms with Gasteiger partial charge in [-0.05, 0) is 62.4 Å². The van der Waals surface area contributed by atoms with Crippen LogP contribution >= 0.6 is 0 Å². The van der Waals surface area contributed by atoms with Crippen LogP contribution in [0, 0.1) is 13.8 Å². The van der Waals surface area contributed by atoms with Gasteiger partial charge in [-0.1, -0.05) is 36.4 Å². The van der Waals surface area contributed by atoms with E-state index in [4.69, 9.17) is 4.99 Å². The van der Waals surface area contributed by atoms with E-state index in [1.165, 1.54) is 22.5 Å². The second-order valence-corrected chi connectivity index (χ2v) is 5.85. The Bertz CT molecular complexity index is 726. The van der Waals surface area contributed by atoms with Gasteiger partial charge in [-0.15, -0.1) is 0 Å². The van der Waals surface area contributed by atoms with Gasteiger partial charge >= 0.3 is 0 Å². The van der Waals surface area contributed by atoms with Crippen molar-refractivity contribution in [2.45, 2.75) is 33.1 Å². The zero-order valence-electron chi connectivity index (χ0n) is 13.3. The molecule has 0 saturated carbocycles. The van der Waals surface area contributed by atoms with E-state index in [0.717, 1.165) is 30.7 Å². The highest BCUT2D eigenvalue weighted by Gasteiger charge is 2.10. The van der Waals surface area contributed by atoms with Crippen LogP contribution in [0.3, 0.4) is 0 Å². The predicted molar refractivity (Wildman–Crippen MR) is 95.0 cm³/mol. The fraction of sp³-hybridized carbons (Fsp3) is 0.250. The maximum Gasteiger partial charge on any atom is 0.0662 e. The Labute approximate surface area is 132 Å². The zero-order valence-corrected chi connectivity index (χ0v) is 13.3. The van der Waals surface area contributed by atoms with Crippen LogP contribution in [0.15, 0.2) is 65.3 Å². The predicted octanol–water partition coefficient (Wildman–Crippen LogP) is 5.56. The molecule has 0 aromatic heterocycles. The summed E-state index contributed by atoms with van der Waals surface area (Å²) in [5, 5.41) is 3.56. The molecule has 0 amide bonds. The lowest BCUT2D eigenvalue weighted by atomic mass is 10.0. The van der Waals surface area contributed by atoms with Gasteiger partial charge in [-0.2, -0.15) is 0 Å². The van der Waals surface area contributed by atoms with Crippen LogP contribution < -0.4 is 5.32 Å². The molecule has 0 spiro atoms. The number of aliphatic imine (C=N–C) groups is 1. The van der Waals surface area contributed by atoms with Crippen molar-refractivity contribution in [2.24, 2.45) is 4.99 Å². The van der Waals surface area contributed by atoms with E-state index in [1.54, 1.807) is 0 Å². The van der Waals surface area contributed by atoms with Gasteiger partial charge in [0.15, 0.2) is 0 Å². The number of nitrogens with zero attached hydrogens (tertiary/aromatic N) is 1. The molecule has 0 heterocycles. The second kappa shape index (κ2) is 6.61. The summed E-state index contributed by atoms with van der Waals surface area (Å²) < 4.78 is 0. The molecule has 0 aliphatic heterocycles. The van der Waals surface area contributed by atoms with Crippen molar-refractivity contribution in [1.29, 1.82) is 0 Å². The second-order valence-electron chi connectivity index (χ2n) is 5.85. The monoisotopic (exact) mass is 290 g/mol. The Kier molecular flexibility index (Phi) is 4.38. The van der Waals surface area contributed by atoms with Crippen LogP contribution in [0.1, 0.15) is 30.4 Å². The van der Waals surface area contributed by atoms with Crippen molar-refractivity contribution in [3.05, 3.63) is 71.4 Å². The van der Waals surface area contributed by atoms with E-state index < -0.39 is 0 Å². The van der Waals surface area contributed by atoms with Crippen molar-refractivity contribution in [3.8, 4) is 0 Å². The zero-order chi connectivity index (χ0) is 15.4. The Morgan fingerprint density at radius 3 is 2.36 bits per heavy atom. The highest BCUT2D eigenvalue weighted by Crippen LogP contribution is 2.24. The van der Waals surface area contributed by atoms with Gasteiger partial charge in [-0.25, -0.2) is 0 Å². The maximum atomic E-state index is 4.83. The van der Waals surface area contributed by atoms with Crippen molar-refractivity contribution in [3.63, 3.8) is 0 Å². The minimum atomic E-state index is 1.05. The van der Waals surface area contributed by atoms with Crippen molar-refractivity contribution < 1.29 is 0 Å². The molecule has 0 atom stereocenters. The summed E-state index contributed by atoms with van der Waals surface area (Å²) in [6.45, 7) is 4.24. The van der Waals surface area contributed by atoms with Crippen LogP contribution in [0.2, 0.25) is 0 Å². The molecule has 2 aromatic carbocycles. The van der Waals surface area contributed by atoms with Gasteiger partial charge in [0.25, 0.3) is 0 Å². The third-order valence-corrected chi connectivity index (χ3v) is 4.04. The molecular weight excluding hydrogens is 268 g/mol. The number of hydrogen-bond donors (Lipinski definition) is 1. The molecular formula is C20H22N2. The average Bonchev–Trinajstić information content (AvgIpc) is 2.52. The topological polar surface area (TPSA) is 24.4 Å². The lowest BCUT2D eigenvalue weighted by Gasteiger charge is -2.18. The molecule has 1 aliphatic carbocycles. The van der Waals surface area contributed by atoms with E-state index in [-0.39, 0.29) is 0 Å². The number of para-hydroxylation sites is 2. The number of benzene rings is 2. The molecule has 1 N–H and O–H groups in total. The smallest absolute Gasteiger partial charge is 0.0662 e. The molecule has 0 unspecified atom stereocenters. The SMILES string of the molecule is Cc1ccccc1N=C1C=C(Nc2ccccc2C)CCC1. The molecule has 0 saturated heterocycles. The number of aryl methyl sites for hydroxylation is 2. The third kappa shape index (κ3) is 3.45. The van der Waals surface area contributed by atoms with Gasteiger partial charge in [0.05, 0.1) is 5.69 Å². The number of rotatable bonds is 3. The number of allylic oxidation sites excluding steroid dienone is 2. The Morgan fingerprint density at radius 1 is 0.864 bits per heavy atom. The molecule has 2 aromatic rings. The van der Waals surface area contributed by atoms with E-state index in [1.807, 2.05) is 6.07 Å². The third-order valence-electron chi connectivity index (χ3n) is 4.04. The summed E-state index contributed by atoms with van der Waals surface area (Å²) in [5.41, 5.74) is 7.18. The summed E-state index contributed by atoms with van der Waals surface area (Å²) in [5.74, 6) is 0. The molecule has 112 valence electrons. The van der Waals surface area contributed by atoms with Crippen molar-refractivity contribution in [1.82, 2.24) is 0 Å². The summed E-state index contributed by atoms with van der Waals surface area (Å²) in [6.07, 6.45) is 5.49. The van der Waals surface area contributed by atoms with Gasteiger partial charge in [0, 0.05) is 17.1 Å². The first kappa shape index (κ1) is 14.6. The molecule has 3 rings (SSSR count). The molecule has 0 radical (unpaired) electrons. The highest BCUT2D eigenvalue weighted by atomic mass is 14.9. The standard InChI is InChI=1S/C20H22N2/c1-15-8-3-5-12-19(15)21-17-10-7-11-18(14-17)22-20-13-6-4-9-16(20)2/h3-6,8-9,12-14,21H,7,10-11H2,1-2H3. The lowest BCUT2D eigenvalue weighted by Crippen LogP contribution is -2.10. The quantitative estimate of drug-likeness (QED) is 0.786. The van der Waals surface area contributed by atoms with Gasteiger partial charge in [-0.3, -0.25) is 4.99 Å². The van der Waals surface area contributed by atoms with Crippen molar-refractivity contribution >= 4 is 17.1 Å². The highest BCUT2D eigenvalue weighted by molar-refractivity contribution is 5.98. The Balaban J connectivity index is 1.83. The number of anilines is 1. The first-order valence-electron chi connectivity index (χ1n) is 7.89. The first-order chi connectivity index (χ1) is 10.7. The minimum Gasteiger partial charge on any atom is -0.359 e. The molecule has 0 fully saturated rings. The fourth-order valence-corrected chi connectivity index (χ4v) is 2.72. The normalized spacial score (nSPS) is 16.5. The van der Waals surface area contributed by atoms with Crippen LogP contribution in [-0.4, -0.2) is 5.71 Å². The molecule has 22 heavy (non-hydrogen) atoms. The maximum absolute atomic E-state index is 4.83. The molecule has 1 aliphatic rings. The average molecular weight is 290 g/mol. The largest absolute Gasteiger partial charge is 0.359 e. The van der Waals surface area contributed by atoms with E-state index in [9.17, 15) is 0 Å². The lowest BCUT2D eigenvalue weighted by molar-refractivity contribution is 0.839. The fourth-order valence-electron chi connectivity index (χ4n) is 2.72. The van der Waals surface area contributed by atoms with E-state index in [2.05, 4.69) is 67.7 Å². The minimum absolute atomic E-state index is 1.05. The number of hydrogen-bond acceptors (Lipinski definition) is 2. The van der Waals surface area contributed by atoms with Gasteiger partial charge in [0.1, 0.15) is 0 Å². The first-order valence-corrected chi connectivity index (χ1v) is 7.89. The summed E-state index contributed by atoms with van der Waals surface area (Å²) >= 11 is 0. The van der Waals surface area contributed by atoms with E-state index >= 15 is 0 Å². The van der Waals surface area contributed by atoms with Gasteiger partial charge in [0.2, 0.25) is 0 Å². The number of nitrogens with one attached hydrogen (secondary N) is 1. The van der Waals surface area contributed by atoms with Crippen LogP contribution in [0.25, 0.3) is 0 Å². The van der Waals surface area contributed by atoms with E-state index in [0.29, 0.717) is 0 Å². The Hall–Kier alpha value is -2.35. The summed E-state index contributed by atoms with van der Waals surface area (Å²) in [4.78, 5) is 4.83. The molecule has 2 nitrogen and oxygen atoms in total. The van der Waals surface area contributed by atoms with Gasteiger partial charge < -0.3 is 5.32 Å². The van der Waals surface area contributed by atoms with Crippen LogP contribution in [0.5, 0.6) is 0 Å². The molecule has 0 bridgehead atoms. The van der Waals surface area contributed by atoms with Crippen LogP contribution in [0.4, 0.5) is 11.4 Å². The summed E-state index contributed by atoms with van der Waals surface area (Å²) in [7, 11) is 0. The van der Waals surface area contributed by atoms with Crippen LogP contribution in [-0.2, 0) is 0 Å².